The highest BCUT2D eigenvalue weighted by Gasteiger charge is 2.23. The summed E-state index contributed by atoms with van der Waals surface area (Å²) in [5.74, 6) is 0.623. The summed E-state index contributed by atoms with van der Waals surface area (Å²) in [6.45, 7) is 3.98. The number of fused-ring (bicyclic) bond motifs is 1. The number of hydrogen-bond acceptors (Lipinski definition) is 4. The molecule has 30 heavy (non-hydrogen) atoms. The maximum atomic E-state index is 12.5. The average Bonchev–Trinajstić information content (AvgIpc) is 2.72. The highest BCUT2D eigenvalue weighted by atomic mass is 35.5. The zero-order chi connectivity index (χ0) is 21.5. The summed E-state index contributed by atoms with van der Waals surface area (Å²) in [6.07, 6.45) is 2.04. The third-order valence-corrected chi connectivity index (χ3v) is 5.05. The lowest BCUT2D eigenvalue weighted by atomic mass is 9.93. The van der Waals surface area contributed by atoms with Crippen molar-refractivity contribution in [3.05, 3.63) is 76.9 Å². The Morgan fingerprint density at radius 1 is 1.03 bits per heavy atom. The molecule has 0 aliphatic carbocycles. The normalized spacial score (nSPS) is 11.9. The first-order valence-electron chi connectivity index (χ1n) is 9.73. The number of carbonyl (C=O) groups excluding carboxylic acids is 1. The van der Waals surface area contributed by atoms with Gasteiger partial charge in [0.2, 0.25) is 5.88 Å². The number of hydrogen-bond donors (Lipinski definition) is 0. The van der Waals surface area contributed by atoms with Crippen LogP contribution in [0.2, 0.25) is 0 Å². The van der Waals surface area contributed by atoms with Crippen molar-refractivity contribution in [1.29, 1.82) is 0 Å². The largest absolute Gasteiger partial charge is 0.459 e. The van der Waals surface area contributed by atoms with Gasteiger partial charge in [-0.3, -0.25) is 4.79 Å². The lowest BCUT2D eigenvalue weighted by Crippen LogP contribution is -2.22. The number of halogens is 2. The van der Waals surface area contributed by atoms with Crippen molar-refractivity contribution in [3.63, 3.8) is 0 Å². The summed E-state index contributed by atoms with van der Waals surface area (Å²) < 4.78 is 11.6. The van der Waals surface area contributed by atoms with Crippen molar-refractivity contribution in [3.8, 4) is 11.6 Å². The fourth-order valence-electron chi connectivity index (χ4n) is 3.10. The summed E-state index contributed by atoms with van der Waals surface area (Å²) in [5.41, 5.74) is 0.606. The lowest BCUT2D eigenvalue weighted by Gasteiger charge is -2.18. The molecule has 1 atom stereocenters. The van der Waals surface area contributed by atoms with E-state index in [1.165, 1.54) is 0 Å². The quantitative estimate of drug-likeness (QED) is 0.349. The van der Waals surface area contributed by atoms with Crippen molar-refractivity contribution in [2.75, 3.05) is 0 Å². The van der Waals surface area contributed by atoms with E-state index in [9.17, 15) is 4.79 Å². The van der Waals surface area contributed by atoms with E-state index >= 15 is 0 Å². The number of aromatic nitrogens is 1. The zero-order valence-electron chi connectivity index (χ0n) is 16.8. The van der Waals surface area contributed by atoms with E-state index < -0.39 is 0 Å². The van der Waals surface area contributed by atoms with E-state index in [4.69, 9.17) is 32.7 Å². The zero-order valence-corrected chi connectivity index (χ0v) is 18.4. The second-order valence-electron chi connectivity index (χ2n) is 7.23. The number of pyridine rings is 1. The van der Waals surface area contributed by atoms with Crippen LogP contribution in [-0.2, 0) is 16.1 Å². The molecule has 0 fully saturated rings. The number of nitrogens with zero attached hydrogens (tertiary/aromatic N) is 1. The second kappa shape index (κ2) is 10.5. The molecular weight excluding hydrogens is 421 g/mol. The molecule has 4 nitrogen and oxygen atoms in total. The molecule has 0 N–H and O–H groups in total. The molecule has 156 valence electrons. The molecule has 0 bridgehead atoms. The first kappa shape index (κ1) is 22.1. The van der Waals surface area contributed by atoms with Crippen LogP contribution >= 0.6 is 23.2 Å². The van der Waals surface area contributed by atoms with Gasteiger partial charge in [-0.15, -0.1) is 0 Å². The highest BCUT2D eigenvalue weighted by Crippen LogP contribution is 2.29. The molecule has 3 aromatic rings. The van der Waals surface area contributed by atoms with E-state index in [0.717, 1.165) is 16.5 Å². The Labute approximate surface area is 186 Å². The smallest absolute Gasteiger partial charge is 0.309 e. The van der Waals surface area contributed by atoms with Gasteiger partial charge in [-0.05, 0) is 29.9 Å². The molecule has 0 saturated carbocycles. The van der Waals surface area contributed by atoms with E-state index in [0.29, 0.717) is 18.0 Å². The first-order chi connectivity index (χ1) is 14.4. The maximum absolute atomic E-state index is 12.5. The molecule has 0 amide bonds. The third kappa shape index (κ3) is 5.97. The molecular formula is C24H23Cl2NO3. The van der Waals surface area contributed by atoms with Crippen molar-refractivity contribution in [1.82, 2.24) is 4.98 Å². The fraction of sp³-hybridized carbons (Fsp3) is 0.250. The molecule has 0 aliphatic heterocycles. The predicted octanol–water partition coefficient (Wildman–Crippen LogP) is 7.05. The Balaban J connectivity index is 1.68. The molecule has 6 heteroatoms. The van der Waals surface area contributed by atoms with Crippen LogP contribution in [0.4, 0.5) is 0 Å². The number of benzene rings is 2. The van der Waals surface area contributed by atoms with Crippen LogP contribution in [0.3, 0.4) is 0 Å². The monoisotopic (exact) mass is 443 g/mol. The minimum absolute atomic E-state index is 0.0626. The molecule has 1 heterocycles. The van der Waals surface area contributed by atoms with Crippen molar-refractivity contribution in [2.24, 2.45) is 11.8 Å². The van der Waals surface area contributed by atoms with E-state index in [1.807, 2.05) is 62.4 Å². The van der Waals surface area contributed by atoms with Gasteiger partial charge < -0.3 is 9.47 Å². The lowest BCUT2D eigenvalue weighted by molar-refractivity contribution is -0.151. The predicted molar refractivity (Wildman–Crippen MR) is 121 cm³/mol. The van der Waals surface area contributed by atoms with E-state index in [1.54, 1.807) is 18.2 Å². The van der Waals surface area contributed by atoms with Gasteiger partial charge in [0.1, 0.15) is 16.8 Å². The van der Waals surface area contributed by atoms with Gasteiger partial charge in [0.25, 0.3) is 0 Å². The minimum Gasteiger partial charge on any atom is -0.459 e. The van der Waals surface area contributed by atoms with Gasteiger partial charge in [0, 0.05) is 11.5 Å². The van der Waals surface area contributed by atoms with E-state index in [-0.39, 0.29) is 28.9 Å². The van der Waals surface area contributed by atoms with Gasteiger partial charge >= 0.3 is 5.97 Å². The average molecular weight is 444 g/mol. The second-order valence-corrected chi connectivity index (χ2v) is 8.24. The van der Waals surface area contributed by atoms with Crippen molar-refractivity contribution in [2.45, 2.75) is 26.9 Å². The van der Waals surface area contributed by atoms with Crippen molar-refractivity contribution < 1.29 is 14.3 Å². The number of carbonyl (C=O) groups is 1. The van der Waals surface area contributed by atoms with Crippen LogP contribution in [0, 0.1) is 11.8 Å². The Kier molecular flexibility index (Phi) is 7.72. The van der Waals surface area contributed by atoms with Gasteiger partial charge in [-0.1, -0.05) is 85.6 Å². The van der Waals surface area contributed by atoms with Gasteiger partial charge in [0.15, 0.2) is 0 Å². The number of rotatable bonds is 8. The van der Waals surface area contributed by atoms with Crippen LogP contribution in [0.5, 0.6) is 11.6 Å². The molecule has 1 unspecified atom stereocenters. The Hall–Kier alpha value is -2.56. The number of ether oxygens (including phenoxy) is 2. The maximum Gasteiger partial charge on any atom is 0.309 e. The molecule has 0 saturated heterocycles. The third-order valence-electron chi connectivity index (χ3n) is 4.74. The summed E-state index contributed by atoms with van der Waals surface area (Å²) in [4.78, 5) is 17.0. The Bertz CT molecular complexity index is 1040. The van der Waals surface area contributed by atoms with Crippen LogP contribution in [0.15, 0.2) is 71.2 Å². The SMILES string of the molecule is CC(C)C(CC=C(Cl)Cl)C(=O)OCc1cccc(Oc2cccc3ccccc23)n1. The van der Waals surface area contributed by atoms with Crippen LogP contribution < -0.4 is 4.74 Å². The van der Waals surface area contributed by atoms with Crippen LogP contribution in [0.1, 0.15) is 26.0 Å². The molecule has 2 aromatic carbocycles. The molecule has 0 spiro atoms. The molecule has 0 aliphatic rings. The van der Waals surface area contributed by atoms with E-state index in [2.05, 4.69) is 4.98 Å². The van der Waals surface area contributed by atoms with Gasteiger partial charge in [-0.25, -0.2) is 4.98 Å². The Morgan fingerprint density at radius 3 is 2.53 bits per heavy atom. The topological polar surface area (TPSA) is 48.4 Å². The minimum atomic E-state index is -0.326. The van der Waals surface area contributed by atoms with Gasteiger partial charge in [-0.2, -0.15) is 0 Å². The molecule has 3 rings (SSSR count). The molecule has 1 aromatic heterocycles. The number of allylic oxidation sites excluding steroid dienone is 1. The summed E-state index contributed by atoms with van der Waals surface area (Å²) in [7, 11) is 0. The van der Waals surface area contributed by atoms with Crippen molar-refractivity contribution >= 4 is 39.9 Å². The number of esters is 1. The van der Waals surface area contributed by atoms with Gasteiger partial charge in [0.05, 0.1) is 11.6 Å². The Morgan fingerprint density at radius 2 is 1.77 bits per heavy atom. The van der Waals surface area contributed by atoms with Crippen LogP contribution in [-0.4, -0.2) is 11.0 Å². The molecule has 0 radical (unpaired) electrons. The summed E-state index contributed by atoms with van der Waals surface area (Å²) in [5, 5.41) is 2.09. The summed E-state index contributed by atoms with van der Waals surface area (Å²) in [6, 6.07) is 19.3. The standard InChI is InChI=1S/C24H23Cl2NO3/c1-16(2)19(13-14-22(25)26)24(28)29-15-18-9-6-12-23(27-18)30-21-11-5-8-17-7-3-4-10-20(17)21/h3-12,14,16,19H,13,15H2,1-2H3. The fourth-order valence-corrected chi connectivity index (χ4v) is 3.28. The van der Waals surface area contributed by atoms with Crippen LogP contribution in [0.25, 0.3) is 10.8 Å². The summed E-state index contributed by atoms with van der Waals surface area (Å²) >= 11 is 11.3. The highest BCUT2D eigenvalue weighted by molar-refractivity contribution is 6.55. The first-order valence-corrected chi connectivity index (χ1v) is 10.5.